The fourth-order valence-corrected chi connectivity index (χ4v) is 2.14. The lowest BCUT2D eigenvalue weighted by Crippen LogP contribution is -2.13. The first kappa shape index (κ1) is 16.5. The fourth-order valence-electron chi connectivity index (χ4n) is 2.14. The summed E-state index contributed by atoms with van der Waals surface area (Å²) in [5, 5.41) is 12.3. The van der Waals surface area contributed by atoms with Crippen LogP contribution in [0, 0.1) is 0 Å². The molecule has 0 fully saturated rings. The highest BCUT2D eigenvalue weighted by molar-refractivity contribution is 6.03. The van der Waals surface area contributed by atoms with Crippen LogP contribution < -0.4 is 15.4 Å². The van der Waals surface area contributed by atoms with Gasteiger partial charge in [0.2, 0.25) is 5.91 Å². The molecule has 0 aliphatic carbocycles. The zero-order valence-electron chi connectivity index (χ0n) is 13.4. The molecule has 0 aliphatic rings. The fraction of sp³-hybridized carbons (Fsp3) is 0.312. The van der Waals surface area contributed by atoms with Crippen molar-refractivity contribution in [2.45, 2.75) is 26.7 Å². The van der Waals surface area contributed by atoms with Crippen molar-refractivity contribution in [3.63, 3.8) is 0 Å². The molecular formula is C16H20N4O3. The second-order valence-corrected chi connectivity index (χ2v) is 5.08. The minimum absolute atomic E-state index is 0.219. The Balaban J connectivity index is 2.14. The highest BCUT2D eigenvalue weighted by Crippen LogP contribution is 2.28. The third-order valence-corrected chi connectivity index (χ3v) is 3.15. The molecule has 0 atom stereocenters. The van der Waals surface area contributed by atoms with Crippen LogP contribution in [0.4, 0.5) is 11.4 Å². The van der Waals surface area contributed by atoms with Gasteiger partial charge in [-0.3, -0.25) is 14.7 Å². The van der Waals surface area contributed by atoms with Crippen LogP contribution in [-0.2, 0) is 11.2 Å². The van der Waals surface area contributed by atoms with Crippen LogP contribution in [-0.4, -0.2) is 29.1 Å². The number of aromatic amines is 1. The van der Waals surface area contributed by atoms with Crippen molar-refractivity contribution in [1.82, 2.24) is 10.2 Å². The average Bonchev–Trinajstić information content (AvgIpc) is 2.96. The summed E-state index contributed by atoms with van der Waals surface area (Å²) in [6.07, 6.45) is 1.82. The molecule has 7 nitrogen and oxygen atoms in total. The SMILES string of the molecule is CCCc1cc(C(=O)Nc2ccc(OC)c(NC(C)=O)c2)n[nH]1. The molecule has 1 aromatic carbocycles. The van der Waals surface area contributed by atoms with Crippen LogP contribution >= 0.6 is 0 Å². The Kier molecular flexibility index (Phi) is 5.35. The van der Waals surface area contributed by atoms with E-state index in [2.05, 4.69) is 27.8 Å². The summed E-state index contributed by atoms with van der Waals surface area (Å²) in [5.74, 6) is -0.0194. The molecular weight excluding hydrogens is 296 g/mol. The van der Waals surface area contributed by atoms with Gasteiger partial charge in [0, 0.05) is 18.3 Å². The second kappa shape index (κ2) is 7.44. The van der Waals surface area contributed by atoms with Gasteiger partial charge < -0.3 is 15.4 Å². The molecule has 0 unspecified atom stereocenters. The standard InChI is InChI=1S/C16H20N4O3/c1-4-5-12-9-14(20-19-12)16(22)18-11-6-7-15(23-3)13(8-11)17-10(2)21/h6-9H,4-5H2,1-3H3,(H,17,21)(H,18,22)(H,19,20). The van der Waals surface area contributed by atoms with Gasteiger partial charge in [-0.2, -0.15) is 5.10 Å². The third-order valence-electron chi connectivity index (χ3n) is 3.15. The maximum absolute atomic E-state index is 12.2. The van der Waals surface area contributed by atoms with Crippen LogP contribution in [0.25, 0.3) is 0 Å². The van der Waals surface area contributed by atoms with E-state index in [1.807, 2.05) is 0 Å². The van der Waals surface area contributed by atoms with Crippen molar-refractivity contribution < 1.29 is 14.3 Å². The van der Waals surface area contributed by atoms with E-state index in [9.17, 15) is 9.59 Å². The number of rotatable bonds is 6. The van der Waals surface area contributed by atoms with Crippen molar-refractivity contribution in [2.75, 3.05) is 17.7 Å². The maximum Gasteiger partial charge on any atom is 0.276 e. The quantitative estimate of drug-likeness (QED) is 0.763. The minimum atomic E-state index is -0.317. The highest BCUT2D eigenvalue weighted by atomic mass is 16.5. The van der Waals surface area contributed by atoms with Gasteiger partial charge in [-0.25, -0.2) is 0 Å². The van der Waals surface area contributed by atoms with E-state index >= 15 is 0 Å². The maximum atomic E-state index is 12.2. The predicted octanol–water partition coefficient (Wildman–Crippen LogP) is 2.58. The van der Waals surface area contributed by atoms with Crippen LogP contribution in [0.5, 0.6) is 5.75 Å². The third kappa shape index (κ3) is 4.32. The summed E-state index contributed by atoms with van der Waals surface area (Å²) in [7, 11) is 1.51. The molecule has 1 heterocycles. The Labute approximate surface area is 134 Å². The molecule has 0 radical (unpaired) electrons. The lowest BCUT2D eigenvalue weighted by molar-refractivity contribution is -0.114. The lowest BCUT2D eigenvalue weighted by Gasteiger charge is -2.11. The zero-order chi connectivity index (χ0) is 16.8. The van der Waals surface area contributed by atoms with Gasteiger partial charge in [0.1, 0.15) is 5.75 Å². The number of aromatic nitrogens is 2. The van der Waals surface area contributed by atoms with Crippen LogP contribution in [0.2, 0.25) is 0 Å². The summed E-state index contributed by atoms with van der Waals surface area (Å²) >= 11 is 0. The van der Waals surface area contributed by atoms with Gasteiger partial charge in [-0.05, 0) is 30.7 Å². The van der Waals surface area contributed by atoms with Gasteiger partial charge in [0.25, 0.3) is 5.91 Å². The van der Waals surface area contributed by atoms with E-state index in [1.165, 1.54) is 14.0 Å². The number of carbonyl (C=O) groups excluding carboxylic acids is 2. The van der Waals surface area contributed by atoms with Gasteiger partial charge >= 0.3 is 0 Å². The molecule has 23 heavy (non-hydrogen) atoms. The molecule has 1 aromatic heterocycles. The van der Waals surface area contributed by atoms with Crippen molar-refractivity contribution in [1.29, 1.82) is 0 Å². The number of amides is 2. The van der Waals surface area contributed by atoms with E-state index in [-0.39, 0.29) is 11.8 Å². The van der Waals surface area contributed by atoms with Crippen molar-refractivity contribution in [3.05, 3.63) is 35.7 Å². The van der Waals surface area contributed by atoms with E-state index in [0.29, 0.717) is 22.8 Å². The first-order valence-corrected chi connectivity index (χ1v) is 7.34. The molecule has 0 spiro atoms. The lowest BCUT2D eigenvalue weighted by atomic mass is 10.2. The predicted molar refractivity (Wildman–Crippen MR) is 87.8 cm³/mol. The van der Waals surface area contributed by atoms with Gasteiger partial charge in [-0.15, -0.1) is 0 Å². The molecule has 0 saturated carbocycles. The number of aryl methyl sites for hydroxylation is 1. The smallest absolute Gasteiger partial charge is 0.276 e. The number of carbonyl (C=O) groups is 2. The van der Waals surface area contributed by atoms with Crippen LogP contribution in [0.3, 0.4) is 0 Å². The van der Waals surface area contributed by atoms with Crippen molar-refractivity contribution >= 4 is 23.2 Å². The van der Waals surface area contributed by atoms with Crippen molar-refractivity contribution in [3.8, 4) is 5.75 Å². The average molecular weight is 316 g/mol. The van der Waals surface area contributed by atoms with E-state index in [1.54, 1.807) is 24.3 Å². The molecule has 2 aromatic rings. The summed E-state index contributed by atoms with van der Waals surface area (Å²) in [6, 6.07) is 6.74. The topological polar surface area (TPSA) is 96.1 Å². The number of hydrogen-bond donors (Lipinski definition) is 3. The first-order valence-electron chi connectivity index (χ1n) is 7.34. The van der Waals surface area contributed by atoms with Crippen LogP contribution in [0.1, 0.15) is 36.5 Å². The van der Waals surface area contributed by atoms with Crippen LogP contribution in [0.15, 0.2) is 24.3 Å². The summed E-state index contributed by atoms with van der Waals surface area (Å²) in [4.78, 5) is 23.4. The van der Waals surface area contributed by atoms with E-state index in [4.69, 9.17) is 4.74 Å². The summed E-state index contributed by atoms with van der Waals surface area (Å²) in [6.45, 7) is 3.46. The molecule has 7 heteroatoms. The number of benzene rings is 1. The molecule has 0 saturated heterocycles. The highest BCUT2D eigenvalue weighted by Gasteiger charge is 2.12. The number of anilines is 2. The molecule has 2 amide bonds. The van der Waals surface area contributed by atoms with Gasteiger partial charge in [0.15, 0.2) is 5.69 Å². The normalized spacial score (nSPS) is 10.2. The Morgan fingerprint density at radius 3 is 2.70 bits per heavy atom. The molecule has 122 valence electrons. The largest absolute Gasteiger partial charge is 0.495 e. The Morgan fingerprint density at radius 1 is 1.26 bits per heavy atom. The number of H-pyrrole nitrogens is 1. The molecule has 0 bridgehead atoms. The van der Waals surface area contributed by atoms with E-state index < -0.39 is 0 Å². The molecule has 3 N–H and O–H groups in total. The number of methoxy groups -OCH3 is 1. The van der Waals surface area contributed by atoms with Crippen molar-refractivity contribution in [2.24, 2.45) is 0 Å². The first-order chi connectivity index (χ1) is 11.0. The second-order valence-electron chi connectivity index (χ2n) is 5.08. The Hall–Kier alpha value is -2.83. The minimum Gasteiger partial charge on any atom is -0.495 e. The number of ether oxygens (including phenoxy) is 1. The number of nitrogens with one attached hydrogen (secondary N) is 3. The molecule has 2 rings (SSSR count). The summed E-state index contributed by atoms with van der Waals surface area (Å²) in [5.41, 5.74) is 2.28. The zero-order valence-corrected chi connectivity index (χ0v) is 13.4. The molecule has 0 aliphatic heterocycles. The monoisotopic (exact) mass is 316 g/mol. The summed E-state index contributed by atoms with van der Waals surface area (Å²) < 4.78 is 5.18. The van der Waals surface area contributed by atoms with E-state index in [0.717, 1.165) is 18.5 Å². The number of nitrogens with zero attached hydrogens (tertiary/aromatic N) is 1. The van der Waals surface area contributed by atoms with Gasteiger partial charge in [-0.1, -0.05) is 13.3 Å². The Morgan fingerprint density at radius 2 is 2.04 bits per heavy atom. The van der Waals surface area contributed by atoms with Gasteiger partial charge in [0.05, 0.1) is 12.8 Å². The Bertz CT molecular complexity index is 709. The number of hydrogen-bond acceptors (Lipinski definition) is 4.